The molecule has 1 unspecified atom stereocenters. The Bertz CT molecular complexity index is 399. The van der Waals surface area contributed by atoms with E-state index < -0.39 is 6.67 Å². The number of hydrogen-bond donors (Lipinski definition) is 1. The maximum absolute atomic E-state index is 12.7. The molecule has 86 valence electrons. The molecule has 3 heteroatoms. The van der Waals surface area contributed by atoms with Crippen molar-refractivity contribution in [2.45, 2.75) is 17.4 Å². The molecule has 1 aromatic rings. The van der Waals surface area contributed by atoms with Gasteiger partial charge in [-0.15, -0.1) is 11.8 Å². The molecular formula is C13H16FNS. The molecule has 0 aromatic heterocycles. The summed E-state index contributed by atoms with van der Waals surface area (Å²) < 4.78 is 12.7. The number of likely N-dealkylation sites (N-methyl/N-ethyl adjacent to an activating group) is 1. The average molecular weight is 237 g/mol. The Kier molecular flexibility index (Phi) is 3.66. The van der Waals surface area contributed by atoms with Crippen LogP contribution in [-0.2, 0) is 6.42 Å². The second kappa shape index (κ2) is 5.02. The number of fused-ring (bicyclic) bond motifs is 1. The van der Waals surface area contributed by atoms with E-state index in [0.717, 1.165) is 23.3 Å². The number of thioether (sulfide) groups is 1. The number of halogens is 1. The highest BCUT2D eigenvalue weighted by Gasteiger charge is 2.16. The zero-order chi connectivity index (χ0) is 11.5. The maximum Gasteiger partial charge on any atom is 0.109 e. The van der Waals surface area contributed by atoms with E-state index in [2.05, 4.69) is 24.0 Å². The number of aryl methyl sites for hydroxylation is 1. The van der Waals surface area contributed by atoms with Crippen molar-refractivity contribution in [3.63, 3.8) is 0 Å². The van der Waals surface area contributed by atoms with Gasteiger partial charge < -0.3 is 5.32 Å². The molecule has 1 nitrogen and oxygen atoms in total. The van der Waals surface area contributed by atoms with Crippen LogP contribution in [-0.4, -0.2) is 25.5 Å². The van der Waals surface area contributed by atoms with Crippen molar-refractivity contribution >= 4 is 17.3 Å². The van der Waals surface area contributed by atoms with Crippen molar-refractivity contribution in [3.8, 4) is 0 Å². The zero-order valence-electron chi connectivity index (χ0n) is 9.42. The summed E-state index contributed by atoms with van der Waals surface area (Å²) in [6.45, 7) is 3.56. The van der Waals surface area contributed by atoms with Crippen LogP contribution in [0, 0.1) is 0 Å². The number of benzene rings is 1. The molecule has 1 aromatic carbocycles. The summed E-state index contributed by atoms with van der Waals surface area (Å²) in [6, 6.07) is 6.05. The summed E-state index contributed by atoms with van der Waals surface area (Å²) in [4.78, 5) is 1.33. The first-order valence-electron chi connectivity index (χ1n) is 5.44. The molecule has 0 spiro atoms. The predicted molar refractivity (Wildman–Crippen MR) is 68.7 cm³/mol. The number of nitrogens with one attached hydrogen (secondary N) is 1. The van der Waals surface area contributed by atoms with E-state index in [1.54, 1.807) is 7.05 Å². The molecule has 0 saturated heterocycles. The number of alkyl halides is 1. The molecule has 0 saturated carbocycles. The molecule has 1 N–H and O–H groups in total. The molecule has 0 radical (unpaired) electrons. The van der Waals surface area contributed by atoms with Crippen molar-refractivity contribution in [3.05, 3.63) is 35.9 Å². The minimum absolute atomic E-state index is 0.274. The predicted octanol–water partition coefficient (Wildman–Crippen LogP) is 2.91. The molecule has 0 bridgehead atoms. The quantitative estimate of drug-likeness (QED) is 0.864. The highest BCUT2D eigenvalue weighted by Crippen LogP contribution is 2.33. The van der Waals surface area contributed by atoms with Crippen LogP contribution in [0.15, 0.2) is 29.7 Å². The average Bonchev–Trinajstić information content (AvgIpc) is 2.77. The van der Waals surface area contributed by atoms with Crippen LogP contribution in [0.25, 0.3) is 5.57 Å². The van der Waals surface area contributed by atoms with E-state index in [1.807, 2.05) is 17.8 Å². The van der Waals surface area contributed by atoms with Crippen LogP contribution in [0.2, 0.25) is 0 Å². The third-order valence-electron chi connectivity index (χ3n) is 2.99. The molecule has 0 aliphatic carbocycles. The Labute approximate surface area is 100 Å². The fourth-order valence-electron chi connectivity index (χ4n) is 1.91. The van der Waals surface area contributed by atoms with Gasteiger partial charge in [0.1, 0.15) is 6.67 Å². The summed E-state index contributed by atoms with van der Waals surface area (Å²) in [7, 11) is 1.76. The standard InChI is InChI=1S/C13H16FNS/c1-9(12(8-14)15-2)11-4-3-10-5-6-16-13(10)7-11/h3-4,7,12,15H,1,5-6,8H2,2H3. The van der Waals surface area contributed by atoms with Gasteiger partial charge in [0, 0.05) is 10.6 Å². The van der Waals surface area contributed by atoms with Crippen LogP contribution < -0.4 is 5.32 Å². The van der Waals surface area contributed by atoms with Crippen LogP contribution in [0.4, 0.5) is 4.39 Å². The van der Waals surface area contributed by atoms with Gasteiger partial charge in [0.15, 0.2) is 0 Å². The summed E-state index contributed by atoms with van der Waals surface area (Å²) in [5.74, 6) is 1.16. The van der Waals surface area contributed by atoms with Crippen molar-refractivity contribution in [2.75, 3.05) is 19.5 Å². The number of rotatable bonds is 4. The van der Waals surface area contributed by atoms with Gasteiger partial charge in [-0.3, -0.25) is 0 Å². The molecule has 2 rings (SSSR count). The second-order valence-corrected chi connectivity index (χ2v) is 5.08. The van der Waals surface area contributed by atoms with Crippen LogP contribution in [0.3, 0.4) is 0 Å². The van der Waals surface area contributed by atoms with Crippen molar-refractivity contribution in [1.82, 2.24) is 5.32 Å². The van der Waals surface area contributed by atoms with E-state index >= 15 is 0 Å². The Morgan fingerprint density at radius 1 is 1.62 bits per heavy atom. The smallest absolute Gasteiger partial charge is 0.109 e. The van der Waals surface area contributed by atoms with Crippen molar-refractivity contribution < 1.29 is 4.39 Å². The normalized spacial score (nSPS) is 15.9. The van der Waals surface area contributed by atoms with Gasteiger partial charge >= 0.3 is 0 Å². The summed E-state index contributed by atoms with van der Waals surface area (Å²) >= 11 is 1.87. The lowest BCUT2D eigenvalue weighted by Crippen LogP contribution is -2.28. The van der Waals surface area contributed by atoms with Gasteiger partial charge in [0.05, 0.1) is 6.04 Å². The maximum atomic E-state index is 12.7. The fourth-order valence-corrected chi connectivity index (χ4v) is 3.02. The van der Waals surface area contributed by atoms with Crippen LogP contribution in [0.1, 0.15) is 11.1 Å². The summed E-state index contributed by atoms with van der Waals surface area (Å²) in [5.41, 5.74) is 3.29. The molecule has 1 atom stereocenters. The first-order chi connectivity index (χ1) is 7.76. The Balaban J connectivity index is 2.24. The molecule has 16 heavy (non-hydrogen) atoms. The van der Waals surface area contributed by atoms with Crippen molar-refractivity contribution in [2.24, 2.45) is 0 Å². The number of hydrogen-bond acceptors (Lipinski definition) is 2. The lowest BCUT2D eigenvalue weighted by molar-refractivity contribution is 0.440. The molecule has 1 aliphatic rings. The fraction of sp³-hybridized carbons (Fsp3) is 0.385. The SMILES string of the molecule is C=C(c1ccc2c(c1)SCC2)C(CF)NC. The first kappa shape index (κ1) is 11.7. The Hall–Kier alpha value is -0.800. The van der Waals surface area contributed by atoms with E-state index in [9.17, 15) is 4.39 Å². The second-order valence-electron chi connectivity index (χ2n) is 3.94. The van der Waals surface area contributed by atoms with Gasteiger partial charge in [-0.25, -0.2) is 4.39 Å². The molecule has 0 fully saturated rings. The van der Waals surface area contributed by atoms with Gasteiger partial charge in [-0.2, -0.15) is 0 Å². The van der Waals surface area contributed by atoms with Crippen LogP contribution in [0.5, 0.6) is 0 Å². The zero-order valence-corrected chi connectivity index (χ0v) is 10.2. The third kappa shape index (κ3) is 2.15. The van der Waals surface area contributed by atoms with Crippen LogP contribution >= 0.6 is 11.8 Å². The highest BCUT2D eigenvalue weighted by atomic mass is 32.2. The minimum atomic E-state index is -0.417. The topological polar surface area (TPSA) is 12.0 Å². The monoisotopic (exact) mass is 237 g/mol. The minimum Gasteiger partial charge on any atom is -0.311 e. The Morgan fingerprint density at radius 2 is 2.44 bits per heavy atom. The van der Waals surface area contributed by atoms with Gasteiger partial charge in [-0.1, -0.05) is 18.7 Å². The molecule has 0 amide bonds. The van der Waals surface area contributed by atoms with E-state index in [0.29, 0.717) is 0 Å². The van der Waals surface area contributed by atoms with Gasteiger partial charge in [-0.05, 0) is 36.2 Å². The molecular weight excluding hydrogens is 221 g/mol. The molecule has 1 heterocycles. The van der Waals surface area contributed by atoms with Gasteiger partial charge in [0.25, 0.3) is 0 Å². The molecule has 1 aliphatic heterocycles. The van der Waals surface area contributed by atoms with E-state index in [-0.39, 0.29) is 6.04 Å². The lowest BCUT2D eigenvalue weighted by atomic mass is 9.99. The summed E-state index contributed by atoms with van der Waals surface area (Å²) in [6.07, 6.45) is 1.14. The highest BCUT2D eigenvalue weighted by molar-refractivity contribution is 7.99. The Morgan fingerprint density at radius 3 is 3.12 bits per heavy atom. The lowest BCUT2D eigenvalue weighted by Gasteiger charge is -2.16. The van der Waals surface area contributed by atoms with E-state index in [4.69, 9.17) is 0 Å². The van der Waals surface area contributed by atoms with E-state index in [1.165, 1.54) is 10.5 Å². The first-order valence-corrected chi connectivity index (χ1v) is 6.43. The van der Waals surface area contributed by atoms with Crippen molar-refractivity contribution in [1.29, 1.82) is 0 Å². The largest absolute Gasteiger partial charge is 0.311 e. The third-order valence-corrected chi connectivity index (χ3v) is 4.09. The van der Waals surface area contributed by atoms with Gasteiger partial charge in [0.2, 0.25) is 0 Å². The summed E-state index contributed by atoms with van der Waals surface area (Å²) in [5, 5.41) is 2.94.